The summed E-state index contributed by atoms with van der Waals surface area (Å²) in [5, 5.41) is 0. The molecule has 7 aromatic rings. The molecule has 4 aromatic carbocycles. The fraction of sp³-hybridized carbons (Fsp3) is 0.120. The van der Waals surface area contributed by atoms with E-state index in [-0.39, 0.29) is 0 Å². The van der Waals surface area contributed by atoms with Gasteiger partial charge >= 0.3 is 0 Å². The number of rotatable bonds is 4. The van der Waals surface area contributed by atoms with Crippen LogP contribution in [0.15, 0.2) is 102 Å². The van der Waals surface area contributed by atoms with Crippen molar-refractivity contribution in [2.45, 2.75) is 41.5 Å². The second-order valence-corrected chi connectivity index (χ2v) is 17.2. The smallest absolute Gasteiger partial charge is 0.0737 e. The average molecular weight is 904 g/mol. The van der Waals surface area contributed by atoms with Crippen LogP contribution in [0.2, 0.25) is 0 Å². The fourth-order valence-corrected chi connectivity index (χ4v) is 9.34. The molecule has 0 spiro atoms. The largest absolute Gasteiger partial charge is 0.354 e. The van der Waals surface area contributed by atoms with Crippen molar-refractivity contribution in [2.75, 3.05) is 0 Å². The Bertz CT molecular complexity index is 2730. The standard InChI is InChI=1S/C50H40BrIN4/c1-27-23-29(3)45(30(4)24-27)49-41-19-15-37(53-41)47(33-7-11-35(51)12-8-33)38-16-20-42(54-38)50(46-31(5)25-28(2)26-32(46)6)44-22-18-40(56-44)48(39-17-21-43(49)55-39)34-9-13-36(52)14-10-34/h7-26,53,56H,1-6H3. The van der Waals surface area contributed by atoms with Crippen molar-refractivity contribution in [3.8, 4) is 44.5 Å². The summed E-state index contributed by atoms with van der Waals surface area (Å²) in [6.07, 6.45) is 8.70. The Kier molecular flexibility index (Phi) is 9.29. The number of nitrogens with one attached hydrogen (secondary N) is 2. The first-order valence-electron chi connectivity index (χ1n) is 18.9. The van der Waals surface area contributed by atoms with E-state index in [1.807, 2.05) is 0 Å². The van der Waals surface area contributed by atoms with E-state index >= 15 is 0 Å². The summed E-state index contributed by atoms with van der Waals surface area (Å²) >= 11 is 6.04. The van der Waals surface area contributed by atoms with Crippen molar-refractivity contribution in [1.29, 1.82) is 0 Å². The third-order valence-corrected chi connectivity index (χ3v) is 12.1. The average Bonchev–Trinajstić information content (AvgIpc) is 3.99. The molecule has 0 saturated heterocycles. The van der Waals surface area contributed by atoms with Crippen LogP contribution in [0.25, 0.3) is 90.9 Å². The molecule has 5 heterocycles. The summed E-state index contributed by atoms with van der Waals surface area (Å²) in [6.45, 7) is 13.2. The van der Waals surface area contributed by atoms with Crippen LogP contribution < -0.4 is 0 Å². The van der Waals surface area contributed by atoms with Crippen LogP contribution in [0.1, 0.15) is 56.2 Å². The molecular formula is C50H40BrIN4. The molecule has 9 rings (SSSR count). The number of hydrogen-bond acceptors (Lipinski definition) is 2. The molecule has 0 unspecified atom stereocenters. The Morgan fingerprint density at radius 2 is 0.732 bits per heavy atom. The first kappa shape index (κ1) is 36.3. The molecule has 2 N–H and O–H groups in total. The van der Waals surface area contributed by atoms with Gasteiger partial charge in [-0.3, -0.25) is 0 Å². The Labute approximate surface area is 349 Å². The number of fused-ring (bicyclic) bond motifs is 8. The first-order chi connectivity index (χ1) is 27.0. The third kappa shape index (κ3) is 6.48. The molecule has 0 radical (unpaired) electrons. The SMILES string of the molecule is Cc1cc(C)c(-c2c3nc(c(-c4ccc(I)cc4)c4ccc([nH]4)c(-c4c(C)cc(C)cc4C)c4nc(c(-c5ccc(Br)cc5)c5ccc2[nH]5)C=C4)C=C3)c(C)c1. The molecule has 8 bridgehead atoms. The number of halogens is 2. The highest BCUT2D eigenvalue weighted by molar-refractivity contribution is 14.1. The van der Waals surface area contributed by atoms with Gasteiger partial charge in [-0.25, -0.2) is 9.97 Å². The molecule has 0 saturated carbocycles. The van der Waals surface area contributed by atoms with Crippen LogP contribution in [0, 0.1) is 45.1 Å². The molecule has 0 fully saturated rings. The van der Waals surface area contributed by atoms with Crippen LogP contribution in [-0.2, 0) is 0 Å². The van der Waals surface area contributed by atoms with E-state index in [2.05, 4.69) is 211 Å². The summed E-state index contributed by atoms with van der Waals surface area (Å²) in [4.78, 5) is 18.8. The van der Waals surface area contributed by atoms with Gasteiger partial charge in [-0.05, 0) is 181 Å². The predicted molar refractivity (Wildman–Crippen MR) is 249 cm³/mol. The predicted octanol–water partition coefficient (Wildman–Crippen LogP) is 14.5. The highest BCUT2D eigenvalue weighted by atomic mass is 127. The van der Waals surface area contributed by atoms with Crippen LogP contribution in [0.5, 0.6) is 0 Å². The molecule has 2 aliphatic rings. The van der Waals surface area contributed by atoms with E-state index in [1.54, 1.807) is 0 Å². The van der Waals surface area contributed by atoms with Gasteiger partial charge < -0.3 is 9.97 Å². The van der Waals surface area contributed by atoms with Gasteiger partial charge in [0, 0.05) is 52.4 Å². The molecule has 56 heavy (non-hydrogen) atoms. The zero-order valence-corrected chi connectivity index (χ0v) is 35.9. The fourth-order valence-electron chi connectivity index (χ4n) is 8.72. The van der Waals surface area contributed by atoms with E-state index in [0.29, 0.717) is 0 Å². The van der Waals surface area contributed by atoms with Crippen molar-refractivity contribution in [1.82, 2.24) is 19.9 Å². The number of aromatic amines is 2. The van der Waals surface area contributed by atoms with E-state index in [1.165, 1.54) is 48.1 Å². The highest BCUT2D eigenvalue weighted by Crippen LogP contribution is 2.41. The molecule has 274 valence electrons. The lowest BCUT2D eigenvalue weighted by Gasteiger charge is -2.13. The monoisotopic (exact) mass is 902 g/mol. The van der Waals surface area contributed by atoms with Gasteiger partial charge in [-0.15, -0.1) is 0 Å². The Hall–Kier alpha value is -5.31. The minimum Gasteiger partial charge on any atom is -0.354 e. The molecule has 0 atom stereocenters. The van der Waals surface area contributed by atoms with Gasteiger partial charge in [-0.1, -0.05) is 75.6 Å². The molecule has 0 aliphatic carbocycles. The quantitative estimate of drug-likeness (QED) is 0.173. The lowest BCUT2D eigenvalue weighted by Crippen LogP contribution is -1.94. The van der Waals surface area contributed by atoms with Crippen molar-refractivity contribution >= 4 is 84.9 Å². The summed E-state index contributed by atoms with van der Waals surface area (Å²) in [7, 11) is 0. The van der Waals surface area contributed by atoms with E-state index in [0.717, 1.165) is 82.7 Å². The lowest BCUT2D eigenvalue weighted by molar-refractivity contribution is 1.28. The second kappa shape index (κ2) is 14.3. The maximum absolute atomic E-state index is 5.52. The molecule has 3 aromatic heterocycles. The van der Waals surface area contributed by atoms with Gasteiger partial charge in [-0.2, -0.15) is 0 Å². The van der Waals surface area contributed by atoms with Crippen LogP contribution >= 0.6 is 38.5 Å². The summed E-state index contributed by atoms with van der Waals surface area (Å²) in [6, 6.07) is 35.1. The molecular weight excluding hydrogens is 863 g/mol. The van der Waals surface area contributed by atoms with E-state index < -0.39 is 0 Å². The van der Waals surface area contributed by atoms with Gasteiger partial charge in [0.2, 0.25) is 0 Å². The maximum Gasteiger partial charge on any atom is 0.0737 e. The third-order valence-electron chi connectivity index (χ3n) is 10.9. The van der Waals surface area contributed by atoms with Gasteiger partial charge in [0.05, 0.1) is 22.8 Å². The van der Waals surface area contributed by atoms with Crippen molar-refractivity contribution < 1.29 is 0 Å². The molecule has 0 amide bonds. The van der Waals surface area contributed by atoms with E-state index in [4.69, 9.17) is 9.97 Å². The van der Waals surface area contributed by atoms with Crippen LogP contribution in [0.3, 0.4) is 0 Å². The first-order valence-corrected chi connectivity index (χ1v) is 20.7. The van der Waals surface area contributed by atoms with Crippen molar-refractivity contribution in [3.63, 3.8) is 0 Å². The Morgan fingerprint density at radius 3 is 1.11 bits per heavy atom. The number of benzene rings is 4. The molecule has 6 heteroatoms. The van der Waals surface area contributed by atoms with Gasteiger partial charge in [0.25, 0.3) is 0 Å². The highest BCUT2D eigenvalue weighted by Gasteiger charge is 2.21. The minimum absolute atomic E-state index is 0.902. The normalized spacial score (nSPS) is 12.1. The maximum atomic E-state index is 5.52. The van der Waals surface area contributed by atoms with Crippen molar-refractivity contribution in [3.05, 3.63) is 161 Å². The topological polar surface area (TPSA) is 57.4 Å². The van der Waals surface area contributed by atoms with E-state index in [9.17, 15) is 0 Å². The number of hydrogen-bond donors (Lipinski definition) is 2. The van der Waals surface area contributed by atoms with Gasteiger partial charge in [0.15, 0.2) is 0 Å². The number of H-pyrrole nitrogens is 2. The molecule has 4 nitrogen and oxygen atoms in total. The summed E-state index contributed by atoms with van der Waals surface area (Å²) < 4.78 is 2.22. The Balaban J connectivity index is 1.50. The van der Waals surface area contributed by atoms with Crippen LogP contribution in [-0.4, -0.2) is 19.9 Å². The zero-order chi connectivity index (χ0) is 38.8. The van der Waals surface area contributed by atoms with Crippen LogP contribution in [0.4, 0.5) is 0 Å². The van der Waals surface area contributed by atoms with Gasteiger partial charge in [0.1, 0.15) is 0 Å². The summed E-state index contributed by atoms with van der Waals surface area (Å²) in [5.74, 6) is 0. The summed E-state index contributed by atoms with van der Waals surface area (Å²) in [5.41, 5.74) is 23.8. The number of aryl methyl sites for hydroxylation is 6. The zero-order valence-electron chi connectivity index (χ0n) is 32.2. The lowest BCUT2D eigenvalue weighted by atomic mass is 9.92. The van der Waals surface area contributed by atoms with Crippen molar-refractivity contribution in [2.24, 2.45) is 0 Å². The second-order valence-electron chi connectivity index (χ2n) is 15.1. The molecule has 2 aliphatic heterocycles. The minimum atomic E-state index is 0.902. The number of nitrogens with zero attached hydrogens (tertiary/aromatic N) is 2. The number of aromatic nitrogens is 4. The Morgan fingerprint density at radius 1 is 0.411 bits per heavy atom.